The average Bonchev–Trinajstić information content (AvgIpc) is 3.05. The van der Waals surface area contributed by atoms with Gasteiger partial charge in [0.25, 0.3) is 5.91 Å². The third kappa shape index (κ3) is 3.29. The van der Waals surface area contributed by atoms with Crippen LogP contribution < -0.4 is 10.2 Å². The molecule has 2 amide bonds. The number of carbonyl (C=O) groups is 2. The zero-order chi connectivity index (χ0) is 21.0. The van der Waals surface area contributed by atoms with Gasteiger partial charge in [0.1, 0.15) is 5.82 Å². The van der Waals surface area contributed by atoms with Crippen LogP contribution in [0.2, 0.25) is 5.02 Å². The first-order valence-electron chi connectivity index (χ1n) is 10.6. The summed E-state index contributed by atoms with van der Waals surface area (Å²) in [4.78, 5) is 27.1. The quantitative estimate of drug-likeness (QED) is 0.759. The summed E-state index contributed by atoms with van der Waals surface area (Å²) in [6.45, 7) is 2.10. The van der Waals surface area contributed by atoms with Crippen LogP contribution in [0.3, 0.4) is 0 Å². The maximum Gasteiger partial charge on any atom is 0.251 e. The minimum atomic E-state index is -0.292. The Kier molecular flexibility index (Phi) is 4.81. The Morgan fingerprint density at radius 3 is 2.57 bits per heavy atom. The number of hydrogen-bond acceptors (Lipinski definition) is 2. The molecule has 2 fully saturated rings. The maximum atomic E-state index is 13.5. The number of nitrogens with zero attached hydrogens (tertiary/aromatic N) is 1. The highest BCUT2D eigenvalue weighted by Gasteiger charge is 2.60. The van der Waals surface area contributed by atoms with Crippen molar-refractivity contribution in [3.63, 3.8) is 0 Å². The lowest BCUT2D eigenvalue weighted by atomic mass is 9.98. The van der Waals surface area contributed by atoms with Gasteiger partial charge in [-0.25, -0.2) is 4.39 Å². The molecule has 5 rings (SSSR count). The SMILES string of the molecule is CCC(NC(=O)c1ccc(Cl)cc1)C1[C@H]2CC(N3C(=O)Cc4cc(F)ccc43)C[C@@H]12. The molecule has 2 aliphatic carbocycles. The Labute approximate surface area is 180 Å². The number of fused-ring (bicyclic) bond motifs is 2. The van der Waals surface area contributed by atoms with Crippen LogP contribution in [-0.2, 0) is 11.2 Å². The van der Waals surface area contributed by atoms with Crippen molar-refractivity contribution >= 4 is 29.1 Å². The average molecular weight is 427 g/mol. The molecule has 30 heavy (non-hydrogen) atoms. The van der Waals surface area contributed by atoms with Gasteiger partial charge >= 0.3 is 0 Å². The van der Waals surface area contributed by atoms with Gasteiger partial charge in [-0.3, -0.25) is 9.59 Å². The lowest BCUT2D eigenvalue weighted by molar-refractivity contribution is -0.117. The second-order valence-corrected chi connectivity index (χ2v) is 9.18. The van der Waals surface area contributed by atoms with E-state index in [1.807, 2.05) is 4.90 Å². The van der Waals surface area contributed by atoms with Crippen molar-refractivity contribution in [3.05, 3.63) is 64.4 Å². The molecule has 4 nitrogen and oxygen atoms in total. The van der Waals surface area contributed by atoms with Gasteiger partial charge in [0, 0.05) is 28.4 Å². The summed E-state index contributed by atoms with van der Waals surface area (Å²) in [7, 11) is 0. The molecule has 0 aromatic heterocycles. The van der Waals surface area contributed by atoms with Crippen LogP contribution >= 0.6 is 11.6 Å². The van der Waals surface area contributed by atoms with Gasteiger partial charge in [-0.1, -0.05) is 18.5 Å². The smallest absolute Gasteiger partial charge is 0.251 e. The van der Waals surface area contributed by atoms with Gasteiger partial charge in [-0.2, -0.15) is 0 Å². The minimum absolute atomic E-state index is 0.0642. The molecule has 2 aromatic carbocycles. The number of halogens is 2. The predicted molar refractivity (Wildman–Crippen MR) is 114 cm³/mol. The maximum absolute atomic E-state index is 13.5. The largest absolute Gasteiger partial charge is 0.349 e. The third-order valence-electron chi connectivity index (χ3n) is 7.09. The summed E-state index contributed by atoms with van der Waals surface area (Å²) in [5, 5.41) is 3.82. The number of hydrogen-bond donors (Lipinski definition) is 1. The van der Waals surface area contributed by atoms with Gasteiger partial charge in [0.2, 0.25) is 5.91 Å². The minimum Gasteiger partial charge on any atom is -0.349 e. The van der Waals surface area contributed by atoms with Crippen molar-refractivity contribution < 1.29 is 14.0 Å². The number of amides is 2. The molecule has 3 unspecified atom stereocenters. The molecule has 0 radical (unpaired) electrons. The Balaban J connectivity index is 1.23. The highest BCUT2D eigenvalue weighted by atomic mass is 35.5. The van der Waals surface area contributed by atoms with Crippen LogP contribution in [0.4, 0.5) is 10.1 Å². The summed E-state index contributed by atoms with van der Waals surface area (Å²) in [5.74, 6) is 1.24. The highest BCUT2D eigenvalue weighted by molar-refractivity contribution is 6.30. The molecule has 1 aliphatic heterocycles. The Bertz CT molecular complexity index is 997. The van der Waals surface area contributed by atoms with Crippen molar-refractivity contribution in [1.82, 2.24) is 5.32 Å². The summed E-state index contributed by atoms with van der Waals surface area (Å²) in [6, 6.07) is 11.9. The lowest BCUT2D eigenvalue weighted by Crippen LogP contribution is -2.40. The fourth-order valence-corrected chi connectivity index (χ4v) is 5.83. The molecule has 6 heteroatoms. The number of rotatable bonds is 5. The normalized spacial score (nSPS) is 27.6. The molecular formula is C24H24ClFN2O2. The fourth-order valence-electron chi connectivity index (χ4n) is 5.71. The summed E-state index contributed by atoms with van der Waals surface area (Å²) >= 11 is 5.91. The molecule has 0 bridgehead atoms. The van der Waals surface area contributed by atoms with Gasteiger partial charge < -0.3 is 10.2 Å². The van der Waals surface area contributed by atoms with Crippen molar-refractivity contribution in [3.8, 4) is 0 Å². The van der Waals surface area contributed by atoms with E-state index >= 15 is 0 Å². The molecule has 0 saturated heterocycles. The van der Waals surface area contributed by atoms with Crippen molar-refractivity contribution in [2.75, 3.05) is 4.90 Å². The molecule has 0 spiro atoms. The number of benzene rings is 2. The van der Waals surface area contributed by atoms with E-state index in [-0.39, 0.29) is 36.1 Å². The van der Waals surface area contributed by atoms with Gasteiger partial charge in [-0.05, 0) is 85.0 Å². The van der Waals surface area contributed by atoms with Crippen LogP contribution in [0, 0.1) is 23.6 Å². The third-order valence-corrected chi connectivity index (χ3v) is 7.34. The van der Waals surface area contributed by atoms with Gasteiger partial charge in [0.05, 0.1) is 6.42 Å². The molecule has 2 aromatic rings. The van der Waals surface area contributed by atoms with E-state index in [1.54, 1.807) is 30.3 Å². The van der Waals surface area contributed by atoms with Crippen molar-refractivity contribution in [1.29, 1.82) is 0 Å². The molecule has 1 N–H and O–H groups in total. The van der Waals surface area contributed by atoms with E-state index in [2.05, 4.69) is 12.2 Å². The van der Waals surface area contributed by atoms with Crippen LogP contribution in [0.25, 0.3) is 0 Å². The number of carbonyl (C=O) groups excluding carboxylic acids is 2. The second-order valence-electron chi connectivity index (χ2n) is 8.74. The Hall–Kier alpha value is -2.40. The van der Waals surface area contributed by atoms with Crippen molar-refractivity contribution in [2.45, 2.75) is 44.7 Å². The molecule has 156 valence electrons. The first-order valence-corrected chi connectivity index (χ1v) is 11.0. The van der Waals surface area contributed by atoms with Crippen LogP contribution in [-0.4, -0.2) is 23.9 Å². The first kappa shape index (κ1) is 19.6. The molecular weight excluding hydrogens is 403 g/mol. The second kappa shape index (κ2) is 7.38. The van der Waals surface area contributed by atoms with E-state index in [0.29, 0.717) is 28.3 Å². The van der Waals surface area contributed by atoms with E-state index < -0.39 is 0 Å². The summed E-state index contributed by atoms with van der Waals surface area (Å²) < 4.78 is 13.5. The molecule has 2 saturated carbocycles. The van der Waals surface area contributed by atoms with E-state index in [4.69, 9.17) is 11.6 Å². The molecule has 1 heterocycles. The van der Waals surface area contributed by atoms with E-state index in [0.717, 1.165) is 30.5 Å². The lowest BCUT2D eigenvalue weighted by Gasteiger charge is -2.28. The molecule has 3 aliphatic rings. The summed E-state index contributed by atoms with van der Waals surface area (Å²) in [5.41, 5.74) is 2.28. The van der Waals surface area contributed by atoms with Gasteiger partial charge in [0.15, 0.2) is 0 Å². The van der Waals surface area contributed by atoms with Crippen LogP contribution in [0.1, 0.15) is 42.1 Å². The highest BCUT2D eigenvalue weighted by Crippen LogP contribution is 2.61. The van der Waals surface area contributed by atoms with Gasteiger partial charge in [-0.15, -0.1) is 0 Å². The zero-order valence-electron chi connectivity index (χ0n) is 16.8. The van der Waals surface area contributed by atoms with Crippen molar-refractivity contribution in [2.24, 2.45) is 17.8 Å². The van der Waals surface area contributed by atoms with Crippen LogP contribution in [0.5, 0.6) is 0 Å². The standard InChI is InChI=1S/C24H24ClFN2O2/c1-2-20(27-24(30)13-3-5-15(25)6-4-13)23-18-11-17(12-19(18)23)28-21-8-7-16(26)9-14(21)10-22(28)29/h3-9,17-20,23H,2,10-12H2,1H3,(H,27,30)/t17?,18-,19+,20?,23?. The van der Waals surface area contributed by atoms with E-state index in [1.165, 1.54) is 12.1 Å². The Morgan fingerprint density at radius 2 is 1.90 bits per heavy atom. The Morgan fingerprint density at radius 1 is 1.20 bits per heavy atom. The first-order chi connectivity index (χ1) is 14.5. The van der Waals surface area contributed by atoms with E-state index in [9.17, 15) is 14.0 Å². The van der Waals surface area contributed by atoms with Crippen LogP contribution in [0.15, 0.2) is 42.5 Å². The number of nitrogens with one attached hydrogen (secondary N) is 1. The summed E-state index contributed by atoms with van der Waals surface area (Å²) in [6.07, 6.45) is 3.07. The number of anilines is 1. The fraction of sp³-hybridized carbons (Fsp3) is 0.417. The predicted octanol–water partition coefficient (Wildman–Crippen LogP) is 4.60. The molecule has 5 atom stereocenters. The monoisotopic (exact) mass is 426 g/mol. The topological polar surface area (TPSA) is 49.4 Å². The zero-order valence-corrected chi connectivity index (χ0v) is 17.5.